The summed E-state index contributed by atoms with van der Waals surface area (Å²) in [5.74, 6) is 0.531. The van der Waals surface area contributed by atoms with E-state index in [-0.39, 0.29) is 17.7 Å². The smallest absolute Gasteiger partial charge is 0.410 e. The number of thiophene rings is 1. The molecule has 1 atom stereocenters. The fraction of sp³-hybridized carbons (Fsp3) is 0.562. The second kappa shape index (κ2) is 6.48. The standard InChI is InChI=1S/C16H20BrN3O3S/c1-16(2,3)23-15(22)20-7-5-4-6-10(20)13-18-9-8-11(17)24-12(9)14(21)19-13/h8,10H,4-7H2,1-3H3,(H,18,19,21)/t10-/m1/s1. The monoisotopic (exact) mass is 413 g/mol. The first-order valence-corrected chi connectivity index (χ1v) is 9.54. The van der Waals surface area contributed by atoms with Crippen LogP contribution in [0.5, 0.6) is 0 Å². The molecule has 24 heavy (non-hydrogen) atoms. The van der Waals surface area contributed by atoms with E-state index in [0.717, 1.165) is 23.0 Å². The van der Waals surface area contributed by atoms with Crippen molar-refractivity contribution >= 4 is 43.6 Å². The van der Waals surface area contributed by atoms with Gasteiger partial charge in [-0.3, -0.25) is 9.69 Å². The Morgan fingerprint density at radius 2 is 2.21 bits per heavy atom. The fourth-order valence-electron chi connectivity index (χ4n) is 2.84. The highest BCUT2D eigenvalue weighted by atomic mass is 79.9. The van der Waals surface area contributed by atoms with E-state index in [0.29, 0.717) is 22.6 Å². The molecule has 2 aromatic heterocycles. The second-order valence-electron chi connectivity index (χ2n) is 6.90. The van der Waals surface area contributed by atoms with Gasteiger partial charge in [-0.1, -0.05) is 0 Å². The van der Waals surface area contributed by atoms with Crippen molar-refractivity contribution in [2.75, 3.05) is 6.54 Å². The third-order valence-corrected chi connectivity index (χ3v) is 5.44. The summed E-state index contributed by atoms with van der Waals surface area (Å²) in [4.78, 5) is 34.0. The van der Waals surface area contributed by atoms with Crippen molar-refractivity contribution in [1.29, 1.82) is 0 Å². The highest BCUT2D eigenvalue weighted by Gasteiger charge is 2.33. The zero-order chi connectivity index (χ0) is 17.5. The summed E-state index contributed by atoms with van der Waals surface area (Å²) in [5.41, 5.74) is -0.0667. The number of hydrogen-bond acceptors (Lipinski definition) is 5. The van der Waals surface area contributed by atoms with Crippen LogP contribution in [0.1, 0.15) is 51.9 Å². The van der Waals surface area contributed by atoms with Gasteiger partial charge >= 0.3 is 6.09 Å². The summed E-state index contributed by atoms with van der Waals surface area (Å²) in [5, 5.41) is 0. The molecule has 0 aliphatic carbocycles. The molecule has 130 valence electrons. The van der Waals surface area contributed by atoms with Crippen LogP contribution in [0, 0.1) is 0 Å². The number of piperidine rings is 1. The quantitative estimate of drug-likeness (QED) is 0.759. The molecule has 3 heterocycles. The number of likely N-dealkylation sites (tertiary alicyclic amines) is 1. The zero-order valence-corrected chi connectivity index (χ0v) is 16.3. The van der Waals surface area contributed by atoms with Crippen LogP contribution in [0.3, 0.4) is 0 Å². The Bertz CT molecular complexity index is 824. The molecule has 0 bridgehead atoms. The number of nitrogens with one attached hydrogen (secondary N) is 1. The Balaban J connectivity index is 1.96. The average Bonchev–Trinajstić information content (AvgIpc) is 2.86. The van der Waals surface area contributed by atoms with E-state index < -0.39 is 5.60 Å². The van der Waals surface area contributed by atoms with E-state index in [4.69, 9.17) is 4.74 Å². The normalized spacial score (nSPS) is 18.8. The van der Waals surface area contributed by atoms with Crippen molar-refractivity contribution in [1.82, 2.24) is 14.9 Å². The maximum atomic E-state index is 12.5. The van der Waals surface area contributed by atoms with Crippen LogP contribution in [-0.4, -0.2) is 33.1 Å². The molecule has 1 fully saturated rings. The van der Waals surface area contributed by atoms with Crippen LogP contribution in [0.25, 0.3) is 10.2 Å². The number of aromatic nitrogens is 2. The lowest BCUT2D eigenvalue weighted by atomic mass is 10.0. The van der Waals surface area contributed by atoms with Crippen molar-refractivity contribution in [2.45, 2.75) is 51.7 Å². The van der Waals surface area contributed by atoms with Crippen LogP contribution in [0.2, 0.25) is 0 Å². The van der Waals surface area contributed by atoms with Crippen LogP contribution >= 0.6 is 27.3 Å². The van der Waals surface area contributed by atoms with Gasteiger partial charge in [-0.15, -0.1) is 11.3 Å². The molecule has 1 saturated heterocycles. The predicted octanol–water partition coefficient (Wildman–Crippen LogP) is 4.21. The molecular weight excluding hydrogens is 394 g/mol. The number of ether oxygens (including phenoxy) is 1. The Morgan fingerprint density at radius 3 is 2.92 bits per heavy atom. The van der Waals surface area contributed by atoms with E-state index in [1.54, 1.807) is 4.90 Å². The number of H-pyrrole nitrogens is 1. The first-order chi connectivity index (χ1) is 11.2. The summed E-state index contributed by atoms with van der Waals surface area (Å²) in [6.45, 7) is 6.14. The van der Waals surface area contributed by atoms with Crippen molar-refractivity contribution in [3.63, 3.8) is 0 Å². The molecule has 1 amide bonds. The molecule has 0 aromatic carbocycles. The van der Waals surface area contributed by atoms with Gasteiger partial charge in [0.25, 0.3) is 5.56 Å². The van der Waals surface area contributed by atoms with Gasteiger partial charge in [-0.25, -0.2) is 9.78 Å². The first kappa shape index (κ1) is 17.4. The number of carbonyl (C=O) groups is 1. The lowest BCUT2D eigenvalue weighted by Gasteiger charge is -2.36. The van der Waals surface area contributed by atoms with E-state index in [2.05, 4.69) is 25.9 Å². The molecule has 2 aromatic rings. The summed E-state index contributed by atoms with van der Waals surface area (Å²) in [6, 6.07) is 1.57. The van der Waals surface area contributed by atoms with E-state index in [9.17, 15) is 9.59 Å². The van der Waals surface area contributed by atoms with E-state index in [1.807, 2.05) is 26.8 Å². The Morgan fingerprint density at radius 1 is 1.46 bits per heavy atom. The van der Waals surface area contributed by atoms with Crippen molar-refractivity contribution < 1.29 is 9.53 Å². The van der Waals surface area contributed by atoms with Gasteiger partial charge < -0.3 is 9.72 Å². The zero-order valence-electron chi connectivity index (χ0n) is 13.9. The molecule has 8 heteroatoms. The molecule has 3 rings (SSSR count). The summed E-state index contributed by atoms with van der Waals surface area (Å²) < 4.78 is 6.96. The Kier molecular flexibility index (Phi) is 4.70. The molecule has 1 N–H and O–H groups in total. The van der Waals surface area contributed by atoms with Gasteiger partial charge in [-0.2, -0.15) is 0 Å². The average molecular weight is 414 g/mol. The van der Waals surface area contributed by atoms with Gasteiger partial charge in [0, 0.05) is 6.54 Å². The minimum atomic E-state index is -0.553. The van der Waals surface area contributed by atoms with Gasteiger partial charge in [0.1, 0.15) is 16.1 Å². The lowest BCUT2D eigenvalue weighted by molar-refractivity contribution is 0.00845. The van der Waals surface area contributed by atoms with E-state index >= 15 is 0 Å². The second-order valence-corrected chi connectivity index (χ2v) is 9.33. The molecule has 1 aliphatic heterocycles. The minimum Gasteiger partial charge on any atom is -0.444 e. The minimum absolute atomic E-state index is 0.166. The Hall–Kier alpha value is -1.41. The molecule has 0 unspecified atom stereocenters. The van der Waals surface area contributed by atoms with Crippen LogP contribution in [-0.2, 0) is 4.74 Å². The van der Waals surface area contributed by atoms with Gasteiger partial charge in [0.15, 0.2) is 0 Å². The highest BCUT2D eigenvalue weighted by Crippen LogP contribution is 2.32. The Labute approximate surface area is 152 Å². The molecule has 6 nitrogen and oxygen atoms in total. The van der Waals surface area contributed by atoms with Crippen molar-refractivity contribution in [3.8, 4) is 0 Å². The number of fused-ring (bicyclic) bond motifs is 1. The molecular formula is C16H20BrN3O3S. The third kappa shape index (κ3) is 3.64. The number of nitrogens with zero attached hydrogens (tertiary/aromatic N) is 2. The van der Waals surface area contributed by atoms with Gasteiger partial charge in [-0.05, 0) is 62.0 Å². The number of halogens is 1. The SMILES string of the molecule is CC(C)(C)OC(=O)N1CCCC[C@@H]1c1nc2cc(Br)sc2c(=O)[nH]1. The summed E-state index contributed by atoms with van der Waals surface area (Å²) in [6.07, 6.45) is 2.31. The van der Waals surface area contributed by atoms with E-state index in [1.165, 1.54) is 11.3 Å². The topological polar surface area (TPSA) is 75.3 Å². The summed E-state index contributed by atoms with van der Waals surface area (Å²) >= 11 is 4.74. The van der Waals surface area contributed by atoms with Crippen molar-refractivity contribution in [3.05, 3.63) is 26.0 Å². The molecule has 1 aliphatic rings. The molecule has 0 spiro atoms. The predicted molar refractivity (Wildman–Crippen MR) is 97.5 cm³/mol. The van der Waals surface area contributed by atoms with Crippen LogP contribution in [0.4, 0.5) is 4.79 Å². The number of carbonyl (C=O) groups excluding carboxylic acids is 1. The number of aromatic amines is 1. The fourth-order valence-corrected chi connectivity index (χ4v) is 4.26. The lowest BCUT2D eigenvalue weighted by Crippen LogP contribution is -2.42. The summed E-state index contributed by atoms with van der Waals surface area (Å²) in [7, 11) is 0. The number of amides is 1. The molecule has 0 radical (unpaired) electrons. The molecule has 0 saturated carbocycles. The maximum Gasteiger partial charge on any atom is 0.410 e. The number of hydrogen-bond donors (Lipinski definition) is 1. The first-order valence-electron chi connectivity index (χ1n) is 7.93. The highest BCUT2D eigenvalue weighted by molar-refractivity contribution is 9.11. The largest absolute Gasteiger partial charge is 0.444 e. The third-order valence-electron chi connectivity index (χ3n) is 3.82. The van der Waals surface area contributed by atoms with Gasteiger partial charge in [0.2, 0.25) is 0 Å². The van der Waals surface area contributed by atoms with Crippen molar-refractivity contribution in [2.24, 2.45) is 0 Å². The van der Waals surface area contributed by atoms with Gasteiger partial charge in [0.05, 0.1) is 15.3 Å². The number of rotatable bonds is 1. The van der Waals surface area contributed by atoms with Crippen LogP contribution in [0.15, 0.2) is 14.6 Å². The maximum absolute atomic E-state index is 12.5. The van der Waals surface area contributed by atoms with Crippen LogP contribution < -0.4 is 5.56 Å².